The summed E-state index contributed by atoms with van der Waals surface area (Å²) in [6, 6.07) is 25.6. The number of nitrogens with two attached hydrogens (primary N) is 1. The molecule has 0 bridgehead atoms. The van der Waals surface area contributed by atoms with Crippen LogP contribution in [0.3, 0.4) is 0 Å². The number of ether oxygens (including phenoxy) is 2. The van der Waals surface area contributed by atoms with E-state index in [1.807, 2.05) is 66.7 Å². The lowest BCUT2D eigenvalue weighted by Gasteiger charge is -2.19. The van der Waals surface area contributed by atoms with Crippen LogP contribution in [0.15, 0.2) is 83.4 Å². The maximum Gasteiger partial charge on any atom is 0.270 e. The minimum Gasteiger partial charge on any atom is -0.488 e. The summed E-state index contributed by atoms with van der Waals surface area (Å²) < 4.78 is 17.8. The molecule has 0 atom stereocenters. The Bertz CT molecular complexity index is 1230. The molecule has 0 fully saturated rings. The van der Waals surface area contributed by atoms with Crippen molar-refractivity contribution in [3.63, 3.8) is 0 Å². The van der Waals surface area contributed by atoms with Crippen LogP contribution in [-0.2, 0) is 19.6 Å². The van der Waals surface area contributed by atoms with Gasteiger partial charge in [-0.3, -0.25) is 4.79 Å². The fraction of sp³-hybridized carbons (Fsp3) is 0.214. The predicted molar refractivity (Wildman–Crippen MR) is 130 cm³/mol. The zero-order valence-corrected chi connectivity index (χ0v) is 19.4. The van der Waals surface area contributed by atoms with Gasteiger partial charge in [-0.15, -0.1) is 0 Å². The lowest BCUT2D eigenvalue weighted by molar-refractivity contribution is 0.0991. The molecule has 0 aliphatic heterocycles. The normalized spacial score (nSPS) is 10.9. The summed E-state index contributed by atoms with van der Waals surface area (Å²) in [5, 5.41) is 3.76. The lowest BCUT2D eigenvalue weighted by atomic mass is 9.97. The highest BCUT2D eigenvalue weighted by atomic mass is 16.5. The van der Waals surface area contributed by atoms with Crippen LogP contribution in [0.1, 0.15) is 58.3 Å². The van der Waals surface area contributed by atoms with Crippen molar-refractivity contribution in [2.75, 3.05) is 0 Å². The highest BCUT2D eigenvalue weighted by Crippen LogP contribution is 2.36. The molecule has 1 heterocycles. The molecule has 1 aromatic heterocycles. The van der Waals surface area contributed by atoms with Crippen molar-refractivity contribution in [2.24, 2.45) is 5.73 Å². The largest absolute Gasteiger partial charge is 0.488 e. The molecule has 2 N–H and O–H groups in total. The van der Waals surface area contributed by atoms with E-state index in [4.69, 9.17) is 19.7 Å². The van der Waals surface area contributed by atoms with Gasteiger partial charge >= 0.3 is 0 Å². The third-order valence-electron chi connectivity index (χ3n) is 5.47. The minimum absolute atomic E-state index is 0.105. The fourth-order valence-electron chi connectivity index (χ4n) is 3.64. The predicted octanol–water partition coefficient (Wildman–Crippen LogP) is 5.65. The first kappa shape index (κ1) is 23.1. The van der Waals surface area contributed by atoms with Gasteiger partial charge in [0, 0.05) is 24.1 Å². The molecule has 3 aromatic carbocycles. The monoisotopic (exact) mass is 456 g/mol. The molecule has 0 saturated carbocycles. The average Bonchev–Trinajstić information content (AvgIpc) is 3.32. The topological polar surface area (TPSA) is 87.6 Å². The van der Waals surface area contributed by atoms with Crippen molar-refractivity contribution < 1.29 is 18.8 Å². The Morgan fingerprint density at radius 3 is 2.00 bits per heavy atom. The van der Waals surface area contributed by atoms with E-state index in [-0.39, 0.29) is 11.6 Å². The van der Waals surface area contributed by atoms with E-state index >= 15 is 0 Å². The molecule has 6 heteroatoms. The first-order valence-corrected chi connectivity index (χ1v) is 11.2. The Hall–Kier alpha value is -4.06. The third-order valence-corrected chi connectivity index (χ3v) is 5.47. The van der Waals surface area contributed by atoms with Crippen LogP contribution < -0.4 is 15.2 Å². The molecule has 0 unspecified atom stereocenters. The summed E-state index contributed by atoms with van der Waals surface area (Å²) in [6.07, 6.45) is 0.406. The van der Waals surface area contributed by atoms with Crippen molar-refractivity contribution >= 4 is 5.91 Å². The van der Waals surface area contributed by atoms with E-state index in [9.17, 15) is 4.79 Å². The molecule has 174 valence electrons. The molecular weight excluding hydrogens is 428 g/mol. The zero-order valence-electron chi connectivity index (χ0n) is 19.4. The lowest BCUT2D eigenvalue weighted by Crippen LogP contribution is -2.10. The Morgan fingerprint density at radius 1 is 0.882 bits per heavy atom. The SMILES string of the molecule is CC(C)c1cc(Cc2cc(C(N)=O)no2)c(OCc2ccccc2)cc1OCc1ccccc1. The van der Waals surface area contributed by atoms with Gasteiger partial charge in [-0.25, -0.2) is 0 Å². The van der Waals surface area contributed by atoms with Crippen molar-refractivity contribution in [3.8, 4) is 11.5 Å². The maximum atomic E-state index is 11.4. The highest BCUT2D eigenvalue weighted by Gasteiger charge is 2.18. The number of aromatic nitrogens is 1. The molecule has 0 saturated heterocycles. The van der Waals surface area contributed by atoms with Gasteiger partial charge in [0.2, 0.25) is 0 Å². The van der Waals surface area contributed by atoms with E-state index in [1.165, 1.54) is 0 Å². The Morgan fingerprint density at radius 2 is 1.47 bits per heavy atom. The second-order valence-electron chi connectivity index (χ2n) is 8.42. The van der Waals surface area contributed by atoms with Crippen LogP contribution in [0.25, 0.3) is 0 Å². The number of benzene rings is 3. The van der Waals surface area contributed by atoms with Gasteiger partial charge in [-0.1, -0.05) is 79.7 Å². The van der Waals surface area contributed by atoms with Crippen LogP contribution in [0, 0.1) is 0 Å². The summed E-state index contributed by atoms with van der Waals surface area (Å²) in [5.41, 5.74) is 9.56. The molecule has 4 aromatic rings. The molecule has 4 rings (SSSR count). The Kier molecular flexibility index (Phi) is 7.28. The second kappa shape index (κ2) is 10.7. The standard InChI is InChI=1S/C28H28N2O4/c1-19(2)24-14-22(13-23-15-25(28(29)31)30-34-23)26(32-17-20-9-5-3-6-10-20)16-27(24)33-18-21-11-7-4-8-12-21/h3-12,14-16,19H,13,17-18H2,1-2H3,(H2,29,31). The van der Waals surface area contributed by atoms with E-state index in [0.717, 1.165) is 28.0 Å². The van der Waals surface area contributed by atoms with Crippen molar-refractivity contribution in [3.05, 3.63) is 113 Å². The smallest absolute Gasteiger partial charge is 0.270 e. The molecule has 1 amide bonds. The van der Waals surface area contributed by atoms with Gasteiger partial charge in [-0.05, 0) is 28.7 Å². The number of nitrogens with zero attached hydrogens (tertiary/aromatic N) is 1. The van der Waals surface area contributed by atoms with Crippen LogP contribution in [0.2, 0.25) is 0 Å². The molecule has 6 nitrogen and oxygen atoms in total. The van der Waals surface area contributed by atoms with Gasteiger partial charge in [0.1, 0.15) is 30.5 Å². The third kappa shape index (κ3) is 5.84. The summed E-state index contributed by atoms with van der Waals surface area (Å²) in [4.78, 5) is 11.4. The van der Waals surface area contributed by atoms with Gasteiger partial charge in [0.25, 0.3) is 5.91 Å². The maximum absolute atomic E-state index is 11.4. The minimum atomic E-state index is -0.622. The van der Waals surface area contributed by atoms with Crippen molar-refractivity contribution in [2.45, 2.75) is 39.4 Å². The molecule has 0 spiro atoms. The number of primary amides is 1. The van der Waals surface area contributed by atoms with E-state index in [0.29, 0.717) is 31.1 Å². The van der Waals surface area contributed by atoms with E-state index in [1.54, 1.807) is 6.07 Å². The second-order valence-corrected chi connectivity index (χ2v) is 8.42. The number of carbonyl (C=O) groups excluding carboxylic acids is 1. The highest BCUT2D eigenvalue weighted by molar-refractivity contribution is 5.90. The van der Waals surface area contributed by atoms with Crippen LogP contribution in [0.4, 0.5) is 0 Å². The molecule has 34 heavy (non-hydrogen) atoms. The first-order chi connectivity index (χ1) is 16.5. The number of rotatable bonds is 10. The average molecular weight is 457 g/mol. The molecule has 0 aliphatic carbocycles. The fourth-order valence-corrected chi connectivity index (χ4v) is 3.64. The zero-order chi connectivity index (χ0) is 23.9. The number of carbonyl (C=O) groups is 1. The summed E-state index contributed by atoms with van der Waals surface area (Å²) in [7, 11) is 0. The van der Waals surface area contributed by atoms with Gasteiger partial charge < -0.3 is 19.7 Å². The Balaban J connectivity index is 1.66. The quantitative estimate of drug-likeness (QED) is 0.333. The molecule has 0 radical (unpaired) electrons. The number of hydrogen-bond donors (Lipinski definition) is 1. The number of amides is 1. The first-order valence-electron chi connectivity index (χ1n) is 11.2. The van der Waals surface area contributed by atoms with Gasteiger partial charge in [0.05, 0.1) is 0 Å². The molecular formula is C28H28N2O4. The van der Waals surface area contributed by atoms with Crippen LogP contribution >= 0.6 is 0 Å². The van der Waals surface area contributed by atoms with Gasteiger partial charge in [0.15, 0.2) is 5.69 Å². The van der Waals surface area contributed by atoms with Crippen molar-refractivity contribution in [1.82, 2.24) is 5.16 Å². The van der Waals surface area contributed by atoms with Crippen molar-refractivity contribution in [1.29, 1.82) is 0 Å². The van der Waals surface area contributed by atoms with Crippen LogP contribution in [0.5, 0.6) is 11.5 Å². The van der Waals surface area contributed by atoms with Gasteiger partial charge in [-0.2, -0.15) is 0 Å². The summed E-state index contributed by atoms with van der Waals surface area (Å²) in [5.74, 6) is 1.60. The van der Waals surface area contributed by atoms with Crippen LogP contribution in [-0.4, -0.2) is 11.1 Å². The molecule has 0 aliphatic rings. The summed E-state index contributed by atoms with van der Waals surface area (Å²) >= 11 is 0. The van der Waals surface area contributed by atoms with E-state index in [2.05, 4.69) is 25.1 Å². The number of hydrogen-bond acceptors (Lipinski definition) is 5. The van der Waals surface area contributed by atoms with E-state index < -0.39 is 5.91 Å². The summed E-state index contributed by atoms with van der Waals surface area (Å²) in [6.45, 7) is 5.12. The Labute approximate surface area is 199 Å².